The number of nitro benzene ring substituents is 1. The second kappa shape index (κ2) is 10.2. The highest BCUT2D eigenvalue weighted by Gasteiger charge is 2.29. The van der Waals surface area contributed by atoms with Crippen LogP contribution in [0.15, 0.2) is 91.0 Å². The number of hydrogen-bond acceptors (Lipinski definition) is 4. The predicted octanol–water partition coefficient (Wildman–Crippen LogP) is 6.97. The molecule has 5 rings (SSSR count). The number of benzene rings is 4. The number of aryl methyl sites for hydroxylation is 1. The zero-order chi connectivity index (χ0) is 25.1. The summed E-state index contributed by atoms with van der Waals surface area (Å²) in [5.41, 5.74) is 6.05. The van der Waals surface area contributed by atoms with E-state index in [0.717, 1.165) is 41.1 Å². The molecular formula is C30H27FN2O3. The maximum Gasteiger partial charge on any atom is 0.272 e. The molecule has 1 aliphatic rings. The summed E-state index contributed by atoms with van der Waals surface area (Å²) in [6.07, 6.45) is 1.41. The van der Waals surface area contributed by atoms with Crippen LogP contribution in [0, 0.1) is 22.9 Å². The SMILES string of the molecule is Cc1ccc(CC2c3ccc(OCc4ccccc4)cc3CCN2c2ccc(F)cc2)cc1[N+](=O)[O-]. The number of nitrogens with zero attached hydrogens (tertiary/aromatic N) is 2. The lowest BCUT2D eigenvalue weighted by atomic mass is 9.87. The highest BCUT2D eigenvalue weighted by atomic mass is 19.1. The molecule has 0 fully saturated rings. The quantitative estimate of drug-likeness (QED) is 0.211. The average Bonchev–Trinajstić information content (AvgIpc) is 2.89. The van der Waals surface area contributed by atoms with Crippen molar-refractivity contribution in [2.75, 3.05) is 11.4 Å². The van der Waals surface area contributed by atoms with E-state index < -0.39 is 0 Å². The van der Waals surface area contributed by atoms with Crippen LogP contribution in [0.4, 0.5) is 15.8 Å². The molecule has 4 aromatic rings. The van der Waals surface area contributed by atoms with E-state index in [2.05, 4.69) is 17.0 Å². The summed E-state index contributed by atoms with van der Waals surface area (Å²) in [4.78, 5) is 13.5. The van der Waals surface area contributed by atoms with Crippen molar-refractivity contribution >= 4 is 11.4 Å². The van der Waals surface area contributed by atoms with E-state index >= 15 is 0 Å². The lowest BCUT2D eigenvalue weighted by molar-refractivity contribution is -0.385. The van der Waals surface area contributed by atoms with Crippen molar-refractivity contribution in [1.82, 2.24) is 0 Å². The largest absolute Gasteiger partial charge is 0.489 e. The summed E-state index contributed by atoms with van der Waals surface area (Å²) >= 11 is 0. The highest BCUT2D eigenvalue weighted by molar-refractivity contribution is 5.54. The van der Waals surface area contributed by atoms with Gasteiger partial charge in [-0.1, -0.05) is 48.5 Å². The molecule has 6 heteroatoms. The Balaban J connectivity index is 1.46. The monoisotopic (exact) mass is 482 g/mol. The van der Waals surface area contributed by atoms with E-state index in [0.29, 0.717) is 18.6 Å². The van der Waals surface area contributed by atoms with Gasteiger partial charge in [-0.15, -0.1) is 0 Å². The molecule has 0 aliphatic carbocycles. The molecule has 0 spiro atoms. The van der Waals surface area contributed by atoms with Crippen LogP contribution in [0.3, 0.4) is 0 Å². The Labute approximate surface area is 209 Å². The molecule has 182 valence electrons. The van der Waals surface area contributed by atoms with Gasteiger partial charge in [0.05, 0.1) is 11.0 Å². The van der Waals surface area contributed by atoms with Crippen LogP contribution in [-0.2, 0) is 19.4 Å². The number of nitro groups is 1. The van der Waals surface area contributed by atoms with Gasteiger partial charge in [0, 0.05) is 23.9 Å². The fraction of sp³-hybridized carbons (Fsp3) is 0.200. The van der Waals surface area contributed by atoms with E-state index in [1.165, 1.54) is 17.7 Å². The van der Waals surface area contributed by atoms with Gasteiger partial charge in [-0.2, -0.15) is 0 Å². The third-order valence-corrected chi connectivity index (χ3v) is 6.78. The lowest BCUT2D eigenvalue weighted by Gasteiger charge is -2.39. The normalized spacial score (nSPS) is 14.8. The number of fused-ring (bicyclic) bond motifs is 1. The summed E-state index contributed by atoms with van der Waals surface area (Å²) < 4.78 is 19.7. The molecule has 0 saturated heterocycles. The molecule has 0 amide bonds. The van der Waals surface area contributed by atoms with Gasteiger partial charge in [-0.3, -0.25) is 10.1 Å². The van der Waals surface area contributed by atoms with E-state index in [1.807, 2.05) is 42.5 Å². The number of ether oxygens (including phenoxy) is 1. The minimum Gasteiger partial charge on any atom is -0.489 e. The predicted molar refractivity (Wildman–Crippen MR) is 139 cm³/mol. The van der Waals surface area contributed by atoms with Crippen molar-refractivity contribution in [3.05, 3.63) is 135 Å². The van der Waals surface area contributed by atoms with Gasteiger partial charge in [-0.05, 0) is 78.4 Å². The van der Waals surface area contributed by atoms with Crippen LogP contribution in [0.5, 0.6) is 5.75 Å². The summed E-state index contributed by atoms with van der Waals surface area (Å²) in [6, 6.07) is 28.1. The van der Waals surface area contributed by atoms with Gasteiger partial charge in [0.25, 0.3) is 5.69 Å². The minimum atomic E-state index is -0.332. The van der Waals surface area contributed by atoms with Crippen molar-refractivity contribution in [3.63, 3.8) is 0 Å². The average molecular weight is 483 g/mol. The number of rotatable bonds is 7. The third-order valence-electron chi connectivity index (χ3n) is 6.78. The van der Waals surface area contributed by atoms with E-state index in [9.17, 15) is 14.5 Å². The fourth-order valence-corrected chi connectivity index (χ4v) is 4.88. The lowest BCUT2D eigenvalue weighted by Crippen LogP contribution is -2.36. The molecular weight excluding hydrogens is 455 g/mol. The molecule has 0 N–H and O–H groups in total. The molecule has 1 unspecified atom stereocenters. The van der Waals surface area contributed by atoms with Crippen molar-refractivity contribution in [2.24, 2.45) is 0 Å². The first kappa shape index (κ1) is 23.5. The number of anilines is 1. The van der Waals surface area contributed by atoms with Crippen molar-refractivity contribution in [2.45, 2.75) is 32.4 Å². The topological polar surface area (TPSA) is 55.6 Å². The van der Waals surface area contributed by atoms with E-state index in [1.54, 1.807) is 31.2 Å². The van der Waals surface area contributed by atoms with Crippen molar-refractivity contribution in [3.8, 4) is 5.75 Å². The van der Waals surface area contributed by atoms with Crippen molar-refractivity contribution < 1.29 is 14.1 Å². The first-order chi connectivity index (χ1) is 17.5. The molecule has 0 radical (unpaired) electrons. The molecule has 36 heavy (non-hydrogen) atoms. The molecule has 0 saturated carbocycles. The van der Waals surface area contributed by atoms with Gasteiger partial charge in [0.2, 0.25) is 0 Å². The molecule has 1 heterocycles. The molecule has 4 aromatic carbocycles. The molecule has 5 nitrogen and oxygen atoms in total. The Morgan fingerprint density at radius 2 is 1.75 bits per heavy atom. The Hall–Kier alpha value is -4.19. The zero-order valence-electron chi connectivity index (χ0n) is 20.1. The van der Waals surface area contributed by atoms with Gasteiger partial charge in [-0.25, -0.2) is 4.39 Å². The Bertz CT molecular complexity index is 1370. The summed E-state index contributed by atoms with van der Waals surface area (Å²) in [6.45, 7) is 3.00. The van der Waals surface area contributed by atoms with Gasteiger partial charge in [0.1, 0.15) is 18.2 Å². The molecule has 1 aliphatic heterocycles. The Morgan fingerprint density at radius 1 is 0.972 bits per heavy atom. The summed E-state index contributed by atoms with van der Waals surface area (Å²) in [7, 11) is 0. The van der Waals surface area contributed by atoms with Crippen LogP contribution >= 0.6 is 0 Å². The van der Waals surface area contributed by atoms with E-state index in [4.69, 9.17) is 4.74 Å². The van der Waals surface area contributed by atoms with Crippen LogP contribution in [0.1, 0.15) is 33.9 Å². The highest BCUT2D eigenvalue weighted by Crippen LogP contribution is 2.38. The van der Waals surface area contributed by atoms with Crippen LogP contribution in [0.25, 0.3) is 0 Å². The first-order valence-corrected chi connectivity index (χ1v) is 12.0. The van der Waals surface area contributed by atoms with Crippen LogP contribution in [0.2, 0.25) is 0 Å². The number of hydrogen-bond donors (Lipinski definition) is 0. The second-order valence-corrected chi connectivity index (χ2v) is 9.15. The first-order valence-electron chi connectivity index (χ1n) is 12.0. The fourth-order valence-electron chi connectivity index (χ4n) is 4.88. The summed E-state index contributed by atoms with van der Waals surface area (Å²) in [5.74, 6) is 0.541. The van der Waals surface area contributed by atoms with Crippen LogP contribution in [-0.4, -0.2) is 11.5 Å². The van der Waals surface area contributed by atoms with Crippen LogP contribution < -0.4 is 9.64 Å². The Morgan fingerprint density at radius 3 is 2.50 bits per heavy atom. The number of halogens is 1. The van der Waals surface area contributed by atoms with E-state index in [-0.39, 0.29) is 22.5 Å². The zero-order valence-corrected chi connectivity index (χ0v) is 20.1. The molecule has 0 aromatic heterocycles. The Kier molecular flexibility index (Phi) is 6.67. The maximum absolute atomic E-state index is 13.6. The van der Waals surface area contributed by atoms with Crippen molar-refractivity contribution in [1.29, 1.82) is 0 Å². The summed E-state index contributed by atoms with van der Waals surface area (Å²) in [5, 5.41) is 11.5. The third kappa shape index (κ3) is 5.08. The molecule has 1 atom stereocenters. The van der Waals surface area contributed by atoms with Gasteiger partial charge < -0.3 is 9.64 Å². The maximum atomic E-state index is 13.6. The minimum absolute atomic E-state index is 0.0512. The second-order valence-electron chi connectivity index (χ2n) is 9.15. The van der Waals surface area contributed by atoms with Gasteiger partial charge >= 0.3 is 0 Å². The molecule has 0 bridgehead atoms. The van der Waals surface area contributed by atoms with Gasteiger partial charge in [0.15, 0.2) is 0 Å². The smallest absolute Gasteiger partial charge is 0.272 e. The standard InChI is InChI=1S/C30H27FN2O3/c1-21-7-8-23(17-29(21)33(34)35)18-30-28-14-13-27(36-20-22-5-3-2-4-6-22)19-24(28)15-16-32(30)26-11-9-25(31)10-12-26/h2-14,17,19,30H,15-16,18,20H2,1H3.